The summed E-state index contributed by atoms with van der Waals surface area (Å²) in [6.07, 6.45) is 0.642. The minimum Gasteiger partial charge on any atom is -0.508 e. The summed E-state index contributed by atoms with van der Waals surface area (Å²) >= 11 is 0. The van der Waals surface area contributed by atoms with Crippen LogP contribution in [-0.2, 0) is 6.42 Å². The molecule has 1 aromatic carbocycles. The quantitative estimate of drug-likeness (QED) is 0.504. The van der Waals surface area contributed by atoms with E-state index in [0.717, 1.165) is 0 Å². The van der Waals surface area contributed by atoms with Crippen LogP contribution in [-0.4, -0.2) is 16.6 Å². The number of aromatic hydroxyl groups is 1. The van der Waals surface area contributed by atoms with Gasteiger partial charge in [0.15, 0.2) is 0 Å². The van der Waals surface area contributed by atoms with Crippen LogP contribution in [0.5, 0.6) is 5.75 Å². The second kappa shape index (κ2) is 2.62. The van der Waals surface area contributed by atoms with Crippen LogP contribution in [0.1, 0.15) is 5.56 Å². The Labute approximate surface area is 74.2 Å². The van der Waals surface area contributed by atoms with Crippen LogP contribution >= 0.6 is 0 Å². The molecule has 0 saturated heterocycles. The Hall–Kier alpha value is -1.78. The third-order valence-electron chi connectivity index (χ3n) is 2.14. The molecule has 2 N–H and O–H groups in total. The van der Waals surface area contributed by atoms with Crippen LogP contribution in [0.25, 0.3) is 0 Å². The van der Waals surface area contributed by atoms with Crippen LogP contribution in [0.4, 0.5) is 11.4 Å². The van der Waals surface area contributed by atoms with E-state index in [1.807, 2.05) is 0 Å². The first-order chi connectivity index (χ1) is 6.20. The highest BCUT2D eigenvalue weighted by molar-refractivity contribution is 5.72. The summed E-state index contributed by atoms with van der Waals surface area (Å²) in [4.78, 5) is 10.1. The van der Waals surface area contributed by atoms with Crippen molar-refractivity contribution in [2.24, 2.45) is 0 Å². The maximum atomic E-state index is 10.6. The predicted octanol–water partition coefficient (Wildman–Crippen LogP) is 1.27. The lowest BCUT2D eigenvalue weighted by atomic mass is 10.1. The van der Waals surface area contributed by atoms with Gasteiger partial charge in [0.05, 0.1) is 4.92 Å². The smallest absolute Gasteiger partial charge is 0.292 e. The topological polar surface area (TPSA) is 75.4 Å². The monoisotopic (exact) mass is 180 g/mol. The zero-order valence-corrected chi connectivity index (χ0v) is 6.78. The van der Waals surface area contributed by atoms with Crippen LogP contribution in [0.3, 0.4) is 0 Å². The number of nitro groups is 1. The fraction of sp³-hybridized carbons (Fsp3) is 0.250. The lowest BCUT2D eigenvalue weighted by Gasteiger charge is -2.02. The minimum atomic E-state index is -0.448. The van der Waals surface area contributed by atoms with Crippen molar-refractivity contribution >= 4 is 11.4 Å². The summed E-state index contributed by atoms with van der Waals surface area (Å²) in [5.41, 5.74) is 1.14. The highest BCUT2D eigenvalue weighted by atomic mass is 16.6. The van der Waals surface area contributed by atoms with Gasteiger partial charge in [0.25, 0.3) is 5.69 Å². The molecular formula is C8H8N2O3. The molecular weight excluding hydrogens is 172 g/mol. The summed E-state index contributed by atoms with van der Waals surface area (Å²) < 4.78 is 0. The highest BCUT2D eigenvalue weighted by Crippen LogP contribution is 2.37. The van der Waals surface area contributed by atoms with Crippen LogP contribution in [0.2, 0.25) is 0 Å². The normalized spacial score (nSPS) is 13.5. The molecule has 0 aliphatic carbocycles. The molecule has 1 aliphatic heterocycles. The fourth-order valence-corrected chi connectivity index (χ4v) is 1.54. The molecule has 0 saturated carbocycles. The summed E-state index contributed by atoms with van der Waals surface area (Å²) in [6, 6.07) is 2.68. The van der Waals surface area contributed by atoms with Crippen molar-refractivity contribution in [3.05, 3.63) is 27.8 Å². The number of phenolic OH excluding ortho intramolecular Hbond substituents is 1. The molecule has 68 valence electrons. The number of hydrogen-bond acceptors (Lipinski definition) is 4. The number of nitro benzene ring substituents is 1. The number of rotatable bonds is 1. The van der Waals surface area contributed by atoms with Gasteiger partial charge in [-0.05, 0) is 12.5 Å². The number of hydrogen-bond donors (Lipinski definition) is 2. The molecule has 1 aromatic rings. The van der Waals surface area contributed by atoms with Gasteiger partial charge in [0, 0.05) is 18.2 Å². The van der Waals surface area contributed by atoms with Crippen molar-refractivity contribution in [1.82, 2.24) is 0 Å². The van der Waals surface area contributed by atoms with Gasteiger partial charge >= 0.3 is 0 Å². The predicted molar refractivity (Wildman–Crippen MR) is 47.0 cm³/mol. The molecule has 0 amide bonds. The van der Waals surface area contributed by atoms with E-state index in [9.17, 15) is 15.2 Å². The van der Waals surface area contributed by atoms with Gasteiger partial charge in [-0.15, -0.1) is 0 Å². The average Bonchev–Trinajstić information content (AvgIpc) is 2.53. The summed E-state index contributed by atoms with van der Waals surface area (Å²) in [6.45, 7) is 0.647. The van der Waals surface area contributed by atoms with Gasteiger partial charge in [0.1, 0.15) is 11.4 Å². The Kier molecular flexibility index (Phi) is 1.58. The third-order valence-corrected chi connectivity index (χ3v) is 2.14. The van der Waals surface area contributed by atoms with Crippen molar-refractivity contribution in [2.75, 3.05) is 11.9 Å². The summed E-state index contributed by atoms with van der Waals surface area (Å²) in [5, 5.41) is 22.8. The molecule has 5 heteroatoms. The first kappa shape index (κ1) is 7.85. The van der Waals surface area contributed by atoms with Crippen molar-refractivity contribution in [1.29, 1.82) is 0 Å². The van der Waals surface area contributed by atoms with Gasteiger partial charge in [0.2, 0.25) is 0 Å². The Morgan fingerprint density at radius 3 is 3.00 bits per heavy atom. The number of nitrogens with one attached hydrogen (secondary N) is 1. The van der Waals surface area contributed by atoms with Gasteiger partial charge in [-0.2, -0.15) is 0 Å². The SMILES string of the molecule is O=[N+]([O-])c1ccc(O)c2c1NCC2. The number of phenols is 1. The maximum Gasteiger partial charge on any atom is 0.292 e. The zero-order valence-electron chi connectivity index (χ0n) is 6.78. The van der Waals surface area contributed by atoms with Crippen molar-refractivity contribution < 1.29 is 10.0 Å². The molecule has 0 atom stereocenters. The van der Waals surface area contributed by atoms with Gasteiger partial charge in [-0.1, -0.05) is 0 Å². The summed E-state index contributed by atoms with van der Waals surface area (Å²) in [5.74, 6) is 0.130. The van der Waals surface area contributed by atoms with Gasteiger partial charge in [-0.3, -0.25) is 10.1 Å². The van der Waals surface area contributed by atoms with E-state index in [2.05, 4.69) is 5.32 Å². The Morgan fingerprint density at radius 2 is 2.31 bits per heavy atom. The Bertz CT molecular complexity index is 376. The third kappa shape index (κ3) is 1.09. The van der Waals surface area contributed by atoms with Crippen LogP contribution < -0.4 is 5.32 Å². The number of benzene rings is 1. The minimum absolute atomic E-state index is 0.0327. The largest absolute Gasteiger partial charge is 0.508 e. The van der Waals surface area contributed by atoms with E-state index in [1.54, 1.807) is 0 Å². The van der Waals surface area contributed by atoms with E-state index in [4.69, 9.17) is 0 Å². The number of nitrogens with zero attached hydrogens (tertiary/aromatic N) is 1. The summed E-state index contributed by atoms with van der Waals surface area (Å²) in [7, 11) is 0. The van der Waals surface area contributed by atoms with Crippen molar-refractivity contribution in [2.45, 2.75) is 6.42 Å². The van der Waals surface area contributed by atoms with E-state index < -0.39 is 4.92 Å². The standard InChI is InChI=1S/C8H8N2O3/c11-7-2-1-6(10(12)13)8-5(7)3-4-9-8/h1-2,9,11H,3-4H2. The first-order valence-electron chi connectivity index (χ1n) is 3.93. The second-order valence-electron chi connectivity index (χ2n) is 2.89. The lowest BCUT2D eigenvalue weighted by molar-refractivity contribution is -0.383. The molecule has 0 aromatic heterocycles. The lowest BCUT2D eigenvalue weighted by Crippen LogP contribution is -1.96. The van der Waals surface area contributed by atoms with Crippen molar-refractivity contribution in [3.8, 4) is 5.75 Å². The molecule has 13 heavy (non-hydrogen) atoms. The van der Waals surface area contributed by atoms with Crippen LogP contribution in [0, 0.1) is 10.1 Å². The zero-order chi connectivity index (χ0) is 9.42. The van der Waals surface area contributed by atoms with E-state index in [-0.39, 0.29) is 11.4 Å². The number of fused-ring (bicyclic) bond motifs is 1. The maximum absolute atomic E-state index is 10.6. The average molecular weight is 180 g/mol. The van der Waals surface area contributed by atoms with E-state index in [1.165, 1.54) is 12.1 Å². The van der Waals surface area contributed by atoms with E-state index in [0.29, 0.717) is 24.2 Å². The van der Waals surface area contributed by atoms with Gasteiger partial charge in [-0.25, -0.2) is 0 Å². The molecule has 0 spiro atoms. The van der Waals surface area contributed by atoms with Crippen molar-refractivity contribution in [3.63, 3.8) is 0 Å². The second-order valence-corrected chi connectivity index (χ2v) is 2.89. The molecule has 0 fully saturated rings. The molecule has 1 aliphatic rings. The molecule has 0 unspecified atom stereocenters. The molecule has 1 heterocycles. The highest BCUT2D eigenvalue weighted by Gasteiger charge is 2.23. The molecule has 2 rings (SSSR count). The fourth-order valence-electron chi connectivity index (χ4n) is 1.54. The molecule has 0 radical (unpaired) electrons. The Balaban J connectivity index is 2.62. The van der Waals surface area contributed by atoms with Gasteiger partial charge < -0.3 is 10.4 Å². The first-order valence-corrected chi connectivity index (χ1v) is 3.93. The number of anilines is 1. The molecule has 0 bridgehead atoms. The van der Waals surface area contributed by atoms with E-state index >= 15 is 0 Å². The van der Waals surface area contributed by atoms with Crippen LogP contribution in [0.15, 0.2) is 12.1 Å². The molecule has 5 nitrogen and oxygen atoms in total. The Morgan fingerprint density at radius 1 is 1.54 bits per heavy atom.